The van der Waals surface area contributed by atoms with Crippen molar-refractivity contribution in [1.29, 1.82) is 0 Å². The third-order valence-corrected chi connectivity index (χ3v) is 5.18. The third kappa shape index (κ3) is 4.21. The number of benzene rings is 1. The fourth-order valence-electron chi connectivity index (χ4n) is 2.27. The van der Waals surface area contributed by atoms with Gasteiger partial charge in [0.1, 0.15) is 12.1 Å². The highest BCUT2D eigenvalue weighted by atomic mass is 79.9. The predicted molar refractivity (Wildman–Crippen MR) is 106 cm³/mol. The van der Waals surface area contributed by atoms with Crippen LogP contribution >= 0.6 is 27.3 Å². The van der Waals surface area contributed by atoms with Gasteiger partial charge in [0.05, 0.1) is 4.88 Å². The fourth-order valence-corrected chi connectivity index (χ4v) is 3.59. The Morgan fingerprint density at radius 2 is 2.04 bits per heavy atom. The van der Waals surface area contributed by atoms with Crippen LogP contribution in [-0.2, 0) is 0 Å². The van der Waals surface area contributed by atoms with Gasteiger partial charge in [-0.2, -0.15) is 5.10 Å². The average molecular weight is 442 g/mol. The lowest BCUT2D eigenvalue weighted by atomic mass is 10.3. The Balaban J connectivity index is 1.44. The van der Waals surface area contributed by atoms with E-state index in [1.165, 1.54) is 17.7 Å². The number of anilines is 1. The maximum atomic E-state index is 12.2. The minimum absolute atomic E-state index is 0.154. The lowest BCUT2D eigenvalue weighted by Gasteiger charge is -2.08. The average Bonchev–Trinajstić information content (AvgIpc) is 3.35. The minimum atomic E-state index is -0.154. The first kappa shape index (κ1) is 17.4. The second kappa shape index (κ2) is 7.68. The molecule has 3 heterocycles. The molecule has 0 atom stereocenters. The van der Waals surface area contributed by atoms with Gasteiger partial charge in [0, 0.05) is 34.0 Å². The normalized spacial score (nSPS) is 10.6. The Bertz CT molecular complexity index is 1060. The molecule has 0 saturated heterocycles. The number of ether oxygens (including phenoxy) is 1. The van der Waals surface area contributed by atoms with E-state index < -0.39 is 0 Å². The van der Waals surface area contributed by atoms with E-state index in [0.717, 1.165) is 4.47 Å². The number of nitrogens with zero attached hydrogens (tertiary/aromatic N) is 4. The van der Waals surface area contributed by atoms with Gasteiger partial charge in [-0.3, -0.25) is 4.79 Å². The molecule has 1 amide bonds. The van der Waals surface area contributed by atoms with Gasteiger partial charge in [0.25, 0.3) is 5.91 Å². The van der Waals surface area contributed by atoms with Gasteiger partial charge in [-0.25, -0.2) is 14.6 Å². The van der Waals surface area contributed by atoms with Crippen molar-refractivity contribution in [3.63, 3.8) is 0 Å². The molecule has 0 aliphatic heterocycles. The Kier molecular flexibility index (Phi) is 4.95. The van der Waals surface area contributed by atoms with E-state index in [-0.39, 0.29) is 5.91 Å². The van der Waals surface area contributed by atoms with Crippen LogP contribution in [0.5, 0.6) is 11.6 Å². The Morgan fingerprint density at radius 3 is 2.74 bits per heavy atom. The van der Waals surface area contributed by atoms with E-state index >= 15 is 0 Å². The smallest absolute Gasteiger partial charge is 0.265 e. The zero-order valence-corrected chi connectivity index (χ0v) is 16.1. The highest BCUT2D eigenvalue weighted by Gasteiger charge is 2.09. The topological polar surface area (TPSA) is 81.9 Å². The van der Waals surface area contributed by atoms with Crippen LogP contribution in [0.25, 0.3) is 5.82 Å². The van der Waals surface area contributed by atoms with E-state index in [1.807, 2.05) is 11.4 Å². The van der Waals surface area contributed by atoms with Crippen molar-refractivity contribution >= 4 is 38.9 Å². The summed E-state index contributed by atoms with van der Waals surface area (Å²) in [5.74, 6) is 1.45. The molecular formula is C18H12BrN5O2S. The molecule has 134 valence electrons. The SMILES string of the molecule is O=C(Nc1ccc(Oc2cc(-n3cccn3)ncn2)cc1)c1cc(Br)cs1. The molecule has 4 rings (SSSR count). The molecule has 0 saturated carbocycles. The second-order valence-electron chi connectivity index (χ2n) is 5.37. The van der Waals surface area contributed by atoms with Crippen molar-refractivity contribution in [2.75, 3.05) is 5.32 Å². The maximum Gasteiger partial charge on any atom is 0.265 e. The monoisotopic (exact) mass is 441 g/mol. The number of thiophene rings is 1. The number of hydrogen-bond donors (Lipinski definition) is 1. The van der Waals surface area contributed by atoms with Crippen LogP contribution in [0, 0.1) is 0 Å². The van der Waals surface area contributed by atoms with Crippen molar-refractivity contribution in [3.05, 3.63) is 75.9 Å². The summed E-state index contributed by atoms with van der Waals surface area (Å²) in [6.45, 7) is 0. The van der Waals surface area contributed by atoms with Crippen LogP contribution in [-0.4, -0.2) is 25.7 Å². The van der Waals surface area contributed by atoms with Gasteiger partial charge in [0.2, 0.25) is 5.88 Å². The number of amides is 1. The van der Waals surface area contributed by atoms with E-state index in [4.69, 9.17) is 4.74 Å². The van der Waals surface area contributed by atoms with E-state index in [2.05, 4.69) is 36.3 Å². The maximum absolute atomic E-state index is 12.2. The second-order valence-corrected chi connectivity index (χ2v) is 7.20. The highest BCUT2D eigenvalue weighted by Crippen LogP contribution is 2.24. The van der Waals surface area contributed by atoms with Crippen LogP contribution in [0.3, 0.4) is 0 Å². The molecule has 0 spiro atoms. The molecule has 27 heavy (non-hydrogen) atoms. The molecule has 4 aromatic rings. The molecule has 7 nitrogen and oxygen atoms in total. The largest absolute Gasteiger partial charge is 0.439 e. The van der Waals surface area contributed by atoms with Crippen molar-refractivity contribution in [1.82, 2.24) is 19.7 Å². The van der Waals surface area contributed by atoms with Gasteiger partial charge < -0.3 is 10.1 Å². The van der Waals surface area contributed by atoms with Crippen LogP contribution in [0.15, 0.2) is 71.0 Å². The summed E-state index contributed by atoms with van der Waals surface area (Å²) in [6.07, 6.45) is 4.88. The van der Waals surface area contributed by atoms with Crippen LogP contribution in [0.4, 0.5) is 5.69 Å². The Hall–Kier alpha value is -3.04. The summed E-state index contributed by atoms with van der Waals surface area (Å²) in [4.78, 5) is 21.1. The Morgan fingerprint density at radius 1 is 1.19 bits per heavy atom. The number of rotatable bonds is 5. The molecule has 0 aliphatic rings. The van der Waals surface area contributed by atoms with E-state index in [1.54, 1.807) is 53.5 Å². The number of nitrogens with one attached hydrogen (secondary N) is 1. The standard InChI is InChI=1S/C18H12BrN5O2S/c19-12-8-15(27-10-12)18(25)23-13-2-4-14(5-3-13)26-17-9-16(20-11-21-17)24-7-1-6-22-24/h1-11H,(H,23,25). The molecule has 0 fully saturated rings. The molecule has 0 unspecified atom stereocenters. The number of hydrogen-bond acceptors (Lipinski definition) is 6. The summed E-state index contributed by atoms with van der Waals surface area (Å²) in [7, 11) is 0. The number of carbonyl (C=O) groups excluding carboxylic acids is 1. The van der Waals surface area contributed by atoms with Crippen LogP contribution < -0.4 is 10.1 Å². The quantitative estimate of drug-likeness (QED) is 0.491. The molecule has 1 aromatic carbocycles. The first-order chi connectivity index (χ1) is 13.2. The summed E-state index contributed by atoms with van der Waals surface area (Å²) >= 11 is 4.72. The minimum Gasteiger partial charge on any atom is -0.439 e. The molecule has 9 heteroatoms. The summed E-state index contributed by atoms with van der Waals surface area (Å²) in [6, 6.07) is 12.3. The fraction of sp³-hybridized carbons (Fsp3) is 0. The zero-order chi connectivity index (χ0) is 18.6. The van der Waals surface area contributed by atoms with Gasteiger partial charge in [0.15, 0.2) is 5.82 Å². The molecule has 3 aromatic heterocycles. The highest BCUT2D eigenvalue weighted by molar-refractivity contribution is 9.10. The van der Waals surface area contributed by atoms with Crippen molar-refractivity contribution in [2.24, 2.45) is 0 Å². The summed E-state index contributed by atoms with van der Waals surface area (Å²) in [5.41, 5.74) is 0.678. The van der Waals surface area contributed by atoms with Gasteiger partial charge in [-0.15, -0.1) is 11.3 Å². The van der Waals surface area contributed by atoms with Crippen molar-refractivity contribution < 1.29 is 9.53 Å². The van der Waals surface area contributed by atoms with E-state index in [9.17, 15) is 4.79 Å². The van der Waals surface area contributed by atoms with Gasteiger partial charge in [-0.1, -0.05) is 0 Å². The van der Waals surface area contributed by atoms with Gasteiger partial charge in [-0.05, 0) is 52.3 Å². The zero-order valence-electron chi connectivity index (χ0n) is 13.7. The number of aromatic nitrogens is 4. The van der Waals surface area contributed by atoms with E-state index in [0.29, 0.717) is 28.0 Å². The third-order valence-electron chi connectivity index (χ3n) is 3.49. The van der Waals surface area contributed by atoms with Crippen LogP contribution in [0.2, 0.25) is 0 Å². The first-order valence-electron chi connectivity index (χ1n) is 7.83. The molecule has 0 aliphatic carbocycles. The first-order valence-corrected chi connectivity index (χ1v) is 9.50. The summed E-state index contributed by atoms with van der Waals surface area (Å²) < 4.78 is 8.27. The predicted octanol–water partition coefficient (Wildman–Crippen LogP) is 4.53. The van der Waals surface area contributed by atoms with Crippen molar-refractivity contribution in [3.8, 4) is 17.4 Å². The lowest BCUT2D eigenvalue weighted by Crippen LogP contribution is -2.09. The molecule has 1 N–H and O–H groups in total. The molecular weight excluding hydrogens is 430 g/mol. The molecule has 0 bridgehead atoms. The number of halogens is 1. The molecule has 0 radical (unpaired) electrons. The van der Waals surface area contributed by atoms with Gasteiger partial charge >= 0.3 is 0 Å². The number of carbonyl (C=O) groups is 1. The lowest BCUT2D eigenvalue weighted by molar-refractivity contribution is 0.103. The van der Waals surface area contributed by atoms with Crippen LogP contribution in [0.1, 0.15) is 9.67 Å². The summed E-state index contributed by atoms with van der Waals surface area (Å²) in [5, 5.41) is 8.84. The Labute approximate surface area is 166 Å². The van der Waals surface area contributed by atoms with Crippen molar-refractivity contribution in [2.45, 2.75) is 0 Å².